The second kappa shape index (κ2) is 23.1. The number of amides is 1. The molecule has 8 atom stereocenters. The van der Waals surface area contributed by atoms with Gasteiger partial charge in [-0.15, -0.1) is 0 Å². The molecule has 15 heteroatoms. The Morgan fingerprint density at radius 2 is 1.35 bits per heavy atom. The number of hydrogen-bond donors (Lipinski definition) is 3. The number of fused-ring (bicyclic) bond motifs is 3. The first-order valence-electron chi connectivity index (χ1n) is 22.8. The largest absolute Gasteiger partial charge is 0.459 e. The Balaban J connectivity index is 1.78. The summed E-state index contributed by atoms with van der Waals surface area (Å²) in [6.45, 7) is 16.7. The molecule has 1 aliphatic heterocycles. The Bertz CT molecular complexity index is 1640. The van der Waals surface area contributed by atoms with Crippen LogP contribution in [0.1, 0.15) is 178 Å². The van der Waals surface area contributed by atoms with Gasteiger partial charge in [-0.25, -0.2) is 14.4 Å². The fourth-order valence-corrected chi connectivity index (χ4v) is 8.83. The van der Waals surface area contributed by atoms with Gasteiger partial charge in [-0.2, -0.15) is 0 Å². The van der Waals surface area contributed by atoms with Gasteiger partial charge in [0.1, 0.15) is 17.3 Å². The molecule has 352 valence electrons. The predicted molar refractivity (Wildman–Crippen MR) is 229 cm³/mol. The van der Waals surface area contributed by atoms with Crippen LogP contribution < -0.4 is 5.32 Å². The summed E-state index contributed by atoms with van der Waals surface area (Å²) in [7, 11) is 0. The lowest BCUT2D eigenvalue weighted by atomic mass is 9.75. The van der Waals surface area contributed by atoms with Crippen molar-refractivity contribution in [3.8, 4) is 0 Å². The van der Waals surface area contributed by atoms with E-state index in [-0.39, 0.29) is 29.6 Å². The molecule has 1 saturated heterocycles. The quantitative estimate of drug-likeness (QED) is 0.0298. The third-order valence-corrected chi connectivity index (χ3v) is 12.3. The molecule has 62 heavy (non-hydrogen) atoms. The number of allylic oxidation sites excluding steroid dienone is 1. The van der Waals surface area contributed by atoms with E-state index in [1.807, 2.05) is 20.8 Å². The Morgan fingerprint density at radius 1 is 0.823 bits per heavy atom. The summed E-state index contributed by atoms with van der Waals surface area (Å²) in [5, 5.41) is 27.2. The van der Waals surface area contributed by atoms with E-state index in [1.54, 1.807) is 33.8 Å². The van der Waals surface area contributed by atoms with Crippen molar-refractivity contribution in [2.24, 2.45) is 5.92 Å². The van der Waals surface area contributed by atoms with Crippen molar-refractivity contribution >= 4 is 35.9 Å². The molecule has 0 aromatic carbocycles. The van der Waals surface area contributed by atoms with Gasteiger partial charge in [0.15, 0.2) is 29.5 Å². The lowest BCUT2D eigenvalue weighted by Gasteiger charge is -2.41. The zero-order chi connectivity index (χ0) is 46.5. The van der Waals surface area contributed by atoms with E-state index in [2.05, 4.69) is 12.2 Å². The second-order valence-corrected chi connectivity index (χ2v) is 18.7. The first kappa shape index (κ1) is 52.4. The van der Waals surface area contributed by atoms with Crippen molar-refractivity contribution in [2.75, 3.05) is 6.54 Å². The molecule has 1 heterocycles. The maximum Gasteiger partial charge on any atom is 0.407 e. The molecular weight excluding hydrogens is 803 g/mol. The minimum absolute atomic E-state index is 0.0188. The van der Waals surface area contributed by atoms with Gasteiger partial charge in [-0.05, 0) is 85.8 Å². The Morgan fingerprint density at radius 3 is 1.89 bits per heavy atom. The Kier molecular flexibility index (Phi) is 19.5. The number of ether oxygens (including phenoxy) is 6. The van der Waals surface area contributed by atoms with Gasteiger partial charge in [-0.3, -0.25) is 14.4 Å². The van der Waals surface area contributed by atoms with Gasteiger partial charge >= 0.3 is 35.9 Å². The summed E-state index contributed by atoms with van der Waals surface area (Å²) in [4.78, 5) is 78.6. The number of rotatable bonds is 23. The standard InChI is InChI=1S/C47H75NO14/c1-11-13-14-20-23-27-35(51)58-39-37-36(31(4)38(39)59-41(52)30(3)12-2)40-47(56,46(10,55)42(53)60-40)33(29-45(37,9)61-32(5)49)57-34(50)26-24-21-18-16-15-17-19-22-25-28-48-43(54)62-44(6,7)8/h12,33,37-40,55-56H,11,13-29H2,1-10H3,(H,48,54)/b30-12-/t33-,37+,38-,39-,40-,45-,46+,47-/m0/s1. The SMILES string of the molecule is C/C=C(/C)C(=O)O[C@H]1C(C)=C2[C@H]([C@@H]1OC(=O)CCCCCCC)[C@@](C)(OC(C)=O)C[C@H](OC(=O)CCCCCCCCCCCNC(=O)OC(C)(C)C)[C@]1(O)[C@H]2OC(=O)[C@@]1(C)O. The highest BCUT2D eigenvalue weighted by molar-refractivity contribution is 5.88. The van der Waals surface area contributed by atoms with E-state index in [0.29, 0.717) is 19.4 Å². The van der Waals surface area contributed by atoms with Crippen LogP contribution in [-0.2, 0) is 52.4 Å². The van der Waals surface area contributed by atoms with Gasteiger partial charge in [0.2, 0.25) is 0 Å². The molecule has 0 bridgehead atoms. The van der Waals surface area contributed by atoms with Crippen LogP contribution in [0.3, 0.4) is 0 Å². The molecule has 2 fully saturated rings. The van der Waals surface area contributed by atoms with Gasteiger partial charge in [0, 0.05) is 38.3 Å². The second-order valence-electron chi connectivity index (χ2n) is 18.7. The van der Waals surface area contributed by atoms with Crippen molar-refractivity contribution in [3.05, 3.63) is 22.8 Å². The highest BCUT2D eigenvalue weighted by Crippen LogP contribution is 2.57. The lowest BCUT2D eigenvalue weighted by Crippen LogP contribution is -2.64. The van der Waals surface area contributed by atoms with E-state index >= 15 is 0 Å². The molecule has 3 rings (SSSR count). The summed E-state index contributed by atoms with van der Waals surface area (Å²) in [5.74, 6) is -5.07. The Labute approximate surface area is 368 Å². The van der Waals surface area contributed by atoms with Crippen LogP contribution in [0.5, 0.6) is 0 Å². The van der Waals surface area contributed by atoms with Crippen LogP contribution in [-0.4, -0.2) is 99.5 Å². The summed E-state index contributed by atoms with van der Waals surface area (Å²) in [6, 6.07) is 0. The maximum atomic E-state index is 13.6. The molecule has 15 nitrogen and oxygen atoms in total. The number of unbranched alkanes of at least 4 members (excludes halogenated alkanes) is 12. The van der Waals surface area contributed by atoms with E-state index in [9.17, 15) is 39.0 Å². The molecular formula is C47H75NO14. The van der Waals surface area contributed by atoms with Crippen LogP contribution in [0.4, 0.5) is 4.79 Å². The average Bonchev–Trinajstić information content (AvgIpc) is 3.51. The van der Waals surface area contributed by atoms with Crippen molar-refractivity contribution in [3.63, 3.8) is 0 Å². The number of esters is 5. The number of carbonyl (C=O) groups is 6. The number of carbonyl (C=O) groups excluding carboxylic acids is 6. The third-order valence-electron chi connectivity index (χ3n) is 12.3. The summed E-state index contributed by atoms with van der Waals surface area (Å²) >= 11 is 0. The molecule has 0 aromatic heterocycles. The monoisotopic (exact) mass is 878 g/mol. The maximum absolute atomic E-state index is 13.6. The molecule has 0 aromatic rings. The van der Waals surface area contributed by atoms with Gasteiger partial charge in [0.25, 0.3) is 0 Å². The zero-order valence-electron chi connectivity index (χ0n) is 39.0. The fourth-order valence-electron chi connectivity index (χ4n) is 8.83. The van der Waals surface area contributed by atoms with Crippen LogP contribution in [0, 0.1) is 5.92 Å². The first-order valence-corrected chi connectivity index (χ1v) is 22.8. The molecule has 0 unspecified atom stereocenters. The predicted octanol–water partition coefficient (Wildman–Crippen LogP) is 7.55. The summed E-state index contributed by atoms with van der Waals surface area (Å²) in [6.07, 6.45) is 7.29. The van der Waals surface area contributed by atoms with Crippen LogP contribution >= 0.6 is 0 Å². The van der Waals surface area contributed by atoms with Crippen molar-refractivity contribution in [1.82, 2.24) is 5.32 Å². The van der Waals surface area contributed by atoms with E-state index < -0.39 is 95.1 Å². The topological polar surface area (TPSA) is 210 Å². The molecule has 0 radical (unpaired) electrons. The van der Waals surface area contributed by atoms with Gasteiger partial charge in [0.05, 0.1) is 5.92 Å². The summed E-state index contributed by atoms with van der Waals surface area (Å²) < 4.78 is 35.2. The first-order chi connectivity index (χ1) is 29.0. The normalized spacial score (nSPS) is 28.3. The summed E-state index contributed by atoms with van der Waals surface area (Å²) in [5.41, 5.74) is -6.79. The third kappa shape index (κ3) is 13.5. The molecule has 2 aliphatic carbocycles. The smallest absolute Gasteiger partial charge is 0.407 e. The average molecular weight is 878 g/mol. The minimum atomic E-state index is -2.61. The fraction of sp³-hybridized carbons (Fsp3) is 0.787. The number of alkyl carbamates (subject to hydrolysis) is 1. The van der Waals surface area contributed by atoms with E-state index in [0.717, 1.165) is 84.0 Å². The number of aliphatic hydroxyl groups is 2. The highest BCUT2D eigenvalue weighted by atomic mass is 16.6. The van der Waals surface area contributed by atoms with Crippen LogP contribution in [0.15, 0.2) is 22.8 Å². The molecule has 3 N–H and O–H groups in total. The molecule has 1 amide bonds. The van der Waals surface area contributed by atoms with Crippen molar-refractivity contribution < 1.29 is 67.4 Å². The van der Waals surface area contributed by atoms with E-state index in [4.69, 9.17) is 28.4 Å². The molecule has 1 saturated carbocycles. The van der Waals surface area contributed by atoms with E-state index in [1.165, 1.54) is 6.92 Å². The minimum Gasteiger partial charge on any atom is -0.459 e. The van der Waals surface area contributed by atoms with Crippen LogP contribution in [0.2, 0.25) is 0 Å². The van der Waals surface area contributed by atoms with Gasteiger partial charge in [-0.1, -0.05) is 83.6 Å². The Hall–Kier alpha value is -3.98. The number of hydrogen-bond acceptors (Lipinski definition) is 14. The lowest BCUT2D eigenvalue weighted by molar-refractivity contribution is -0.212. The van der Waals surface area contributed by atoms with Crippen molar-refractivity contribution in [1.29, 1.82) is 0 Å². The molecule has 3 aliphatic rings. The zero-order valence-corrected chi connectivity index (χ0v) is 39.0. The highest BCUT2D eigenvalue weighted by Gasteiger charge is 2.76. The van der Waals surface area contributed by atoms with Gasteiger partial charge < -0.3 is 44.0 Å². The van der Waals surface area contributed by atoms with Crippen molar-refractivity contribution in [2.45, 2.75) is 225 Å². The molecule has 0 spiro atoms. The number of nitrogens with one attached hydrogen (secondary N) is 1. The van der Waals surface area contributed by atoms with Crippen LogP contribution in [0.25, 0.3) is 0 Å².